The standard InChI is InChI=1S/C24H18Cl2N2O2S/c1-15-5-8-19(9-6-15)27-24-28-23(29)22(31-24)13-16-7-10-21(20(26)12-16)30-14-17-3-2-4-18(25)11-17/h2-13H,14H2,1H3,(H,27,28,29)/b22-13-. The van der Waals surface area contributed by atoms with Crippen molar-refractivity contribution in [3.8, 4) is 5.75 Å². The second-order valence-corrected chi connectivity index (χ2v) is 8.80. The van der Waals surface area contributed by atoms with Crippen LogP contribution >= 0.6 is 35.0 Å². The van der Waals surface area contributed by atoms with Gasteiger partial charge in [0.25, 0.3) is 5.91 Å². The summed E-state index contributed by atoms with van der Waals surface area (Å²) in [6.45, 7) is 2.38. The van der Waals surface area contributed by atoms with Gasteiger partial charge >= 0.3 is 0 Å². The first kappa shape index (κ1) is 21.5. The Morgan fingerprint density at radius 1 is 1.06 bits per heavy atom. The van der Waals surface area contributed by atoms with Crippen LogP contribution in [-0.4, -0.2) is 11.1 Å². The number of carbonyl (C=O) groups excluding carboxylic acids is 1. The van der Waals surface area contributed by atoms with E-state index in [4.69, 9.17) is 27.9 Å². The number of aryl methyl sites for hydroxylation is 1. The minimum Gasteiger partial charge on any atom is -0.487 e. The van der Waals surface area contributed by atoms with E-state index in [-0.39, 0.29) is 5.91 Å². The highest BCUT2D eigenvalue weighted by atomic mass is 35.5. The van der Waals surface area contributed by atoms with Crippen LogP contribution in [0.5, 0.6) is 5.75 Å². The number of halogens is 2. The number of benzene rings is 3. The third kappa shape index (κ3) is 5.70. The lowest BCUT2D eigenvalue weighted by molar-refractivity contribution is -0.115. The summed E-state index contributed by atoms with van der Waals surface area (Å²) in [6, 6.07) is 20.7. The van der Waals surface area contributed by atoms with Crippen LogP contribution in [-0.2, 0) is 11.4 Å². The van der Waals surface area contributed by atoms with Crippen LogP contribution in [0.2, 0.25) is 10.0 Å². The fraction of sp³-hybridized carbons (Fsp3) is 0.0833. The van der Waals surface area contributed by atoms with Crippen molar-refractivity contribution in [1.82, 2.24) is 5.32 Å². The van der Waals surface area contributed by atoms with Crippen LogP contribution in [0, 0.1) is 6.92 Å². The maximum Gasteiger partial charge on any atom is 0.264 e. The molecule has 0 aliphatic carbocycles. The van der Waals surface area contributed by atoms with E-state index in [1.807, 2.05) is 61.5 Å². The Balaban J connectivity index is 1.45. The molecule has 1 saturated heterocycles. The summed E-state index contributed by atoms with van der Waals surface area (Å²) < 4.78 is 5.80. The molecule has 1 aliphatic rings. The van der Waals surface area contributed by atoms with Gasteiger partial charge in [-0.3, -0.25) is 4.79 Å². The minimum atomic E-state index is -0.187. The summed E-state index contributed by atoms with van der Waals surface area (Å²) in [4.78, 5) is 17.4. The van der Waals surface area contributed by atoms with Gasteiger partial charge in [-0.1, -0.05) is 59.1 Å². The molecule has 1 amide bonds. The number of thioether (sulfide) groups is 1. The molecule has 0 atom stereocenters. The van der Waals surface area contributed by atoms with Crippen molar-refractivity contribution < 1.29 is 9.53 Å². The van der Waals surface area contributed by atoms with Crippen LogP contribution in [0.15, 0.2) is 76.6 Å². The van der Waals surface area contributed by atoms with Gasteiger partial charge in [-0.25, -0.2) is 4.99 Å². The molecule has 1 fully saturated rings. The summed E-state index contributed by atoms with van der Waals surface area (Å²) in [5.74, 6) is 0.377. The van der Waals surface area contributed by atoms with E-state index in [1.165, 1.54) is 11.8 Å². The fourth-order valence-electron chi connectivity index (χ4n) is 2.88. The minimum absolute atomic E-state index is 0.187. The number of amides is 1. The molecular formula is C24H18Cl2N2O2S. The van der Waals surface area contributed by atoms with Crippen LogP contribution < -0.4 is 10.1 Å². The maximum absolute atomic E-state index is 12.3. The van der Waals surface area contributed by atoms with E-state index in [2.05, 4.69) is 10.3 Å². The van der Waals surface area contributed by atoms with Crippen LogP contribution in [0.1, 0.15) is 16.7 Å². The Labute approximate surface area is 194 Å². The molecule has 0 aromatic heterocycles. The molecule has 1 N–H and O–H groups in total. The van der Waals surface area contributed by atoms with E-state index in [0.29, 0.717) is 32.5 Å². The van der Waals surface area contributed by atoms with Crippen molar-refractivity contribution in [2.45, 2.75) is 13.5 Å². The normalized spacial score (nSPS) is 16.0. The van der Waals surface area contributed by atoms with Crippen molar-refractivity contribution in [3.63, 3.8) is 0 Å². The summed E-state index contributed by atoms with van der Waals surface area (Å²) in [7, 11) is 0. The molecule has 3 aromatic rings. The predicted octanol–water partition coefficient (Wildman–Crippen LogP) is 6.77. The molecule has 156 valence electrons. The number of hydrogen-bond acceptors (Lipinski definition) is 4. The number of ether oxygens (including phenoxy) is 1. The first-order valence-electron chi connectivity index (χ1n) is 9.49. The summed E-state index contributed by atoms with van der Waals surface area (Å²) in [5.41, 5.74) is 3.70. The number of hydrogen-bond donors (Lipinski definition) is 1. The zero-order valence-electron chi connectivity index (χ0n) is 16.6. The smallest absolute Gasteiger partial charge is 0.264 e. The molecule has 0 saturated carbocycles. The average molecular weight is 469 g/mol. The van der Waals surface area contributed by atoms with Crippen LogP contribution in [0.3, 0.4) is 0 Å². The van der Waals surface area contributed by atoms with E-state index in [9.17, 15) is 4.79 Å². The highest BCUT2D eigenvalue weighted by molar-refractivity contribution is 8.18. The number of carbonyl (C=O) groups is 1. The zero-order valence-corrected chi connectivity index (χ0v) is 18.9. The topological polar surface area (TPSA) is 50.7 Å². The first-order valence-corrected chi connectivity index (χ1v) is 11.1. The van der Waals surface area contributed by atoms with Gasteiger partial charge in [0.05, 0.1) is 15.6 Å². The Bertz CT molecular complexity index is 1190. The fourth-order valence-corrected chi connectivity index (χ4v) is 4.18. The van der Waals surface area contributed by atoms with Gasteiger partial charge in [0.2, 0.25) is 0 Å². The Hall–Kier alpha value is -2.73. The maximum atomic E-state index is 12.3. The Kier molecular flexibility index (Phi) is 6.66. The quantitative estimate of drug-likeness (QED) is 0.420. The lowest BCUT2D eigenvalue weighted by atomic mass is 10.2. The molecule has 1 heterocycles. The molecule has 4 nitrogen and oxygen atoms in total. The van der Waals surface area contributed by atoms with Crippen molar-refractivity contribution in [2.24, 2.45) is 4.99 Å². The third-order valence-corrected chi connectivity index (χ3v) is 5.89. The number of nitrogens with zero attached hydrogens (tertiary/aromatic N) is 1. The van der Waals surface area contributed by atoms with Gasteiger partial charge < -0.3 is 10.1 Å². The highest BCUT2D eigenvalue weighted by Crippen LogP contribution is 2.31. The molecule has 0 spiro atoms. The Morgan fingerprint density at radius 3 is 2.61 bits per heavy atom. The first-order chi connectivity index (χ1) is 15.0. The number of nitrogens with one attached hydrogen (secondary N) is 1. The third-order valence-electron chi connectivity index (χ3n) is 4.45. The van der Waals surface area contributed by atoms with E-state index in [0.717, 1.165) is 22.4 Å². The van der Waals surface area contributed by atoms with Gasteiger partial charge in [0.15, 0.2) is 5.17 Å². The SMILES string of the molecule is Cc1ccc(N=C2NC(=O)/C(=C/c3ccc(OCc4cccc(Cl)c4)c(Cl)c3)S2)cc1. The number of aliphatic imine (C=N–C) groups is 1. The highest BCUT2D eigenvalue weighted by Gasteiger charge is 2.23. The van der Waals surface area contributed by atoms with Crippen molar-refractivity contribution in [3.05, 3.63) is 98.4 Å². The monoisotopic (exact) mass is 468 g/mol. The molecular weight excluding hydrogens is 451 g/mol. The summed E-state index contributed by atoms with van der Waals surface area (Å²) >= 11 is 13.7. The van der Waals surface area contributed by atoms with Crippen molar-refractivity contribution in [1.29, 1.82) is 0 Å². The molecule has 31 heavy (non-hydrogen) atoms. The summed E-state index contributed by atoms with van der Waals surface area (Å²) in [5, 5.41) is 4.47. The largest absolute Gasteiger partial charge is 0.487 e. The predicted molar refractivity (Wildman–Crippen MR) is 129 cm³/mol. The second-order valence-electron chi connectivity index (χ2n) is 6.93. The number of amidine groups is 1. The van der Waals surface area contributed by atoms with Gasteiger partial charge in [0.1, 0.15) is 12.4 Å². The Morgan fingerprint density at radius 2 is 1.87 bits per heavy atom. The molecule has 0 bridgehead atoms. The average Bonchev–Trinajstić information content (AvgIpc) is 3.08. The molecule has 3 aromatic carbocycles. The lowest BCUT2D eigenvalue weighted by Gasteiger charge is -2.09. The second kappa shape index (κ2) is 9.60. The lowest BCUT2D eigenvalue weighted by Crippen LogP contribution is -2.19. The number of rotatable bonds is 5. The molecule has 0 radical (unpaired) electrons. The van der Waals surface area contributed by atoms with Crippen LogP contribution in [0.4, 0.5) is 5.69 Å². The van der Waals surface area contributed by atoms with Crippen LogP contribution in [0.25, 0.3) is 6.08 Å². The van der Waals surface area contributed by atoms with Gasteiger partial charge in [-0.15, -0.1) is 0 Å². The van der Waals surface area contributed by atoms with Crippen molar-refractivity contribution in [2.75, 3.05) is 0 Å². The summed E-state index contributed by atoms with van der Waals surface area (Å²) in [6.07, 6.45) is 1.78. The van der Waals surface area contributed by atoms with Gasteiger partial charge in [-0.05, 0) is 72.3 Å². The zero-order chi connectivity index (χ0) is 21.8. The van der Waals surface area contributed by atoms with Gasteiger partial charge in [-0.2, -0.15) is 0 Å². The van der Waals surface area contributed by atoms with Gasteiger partial charge in [0, 0.05) is 5.02 Å². The molecule has 1 aliphatic heterocycles. The van der Waals surface area contributed by atoms with E-state index >= 15 is 0 Å². The molecule has 7 heteroatoms. The molecule has 0 unspecified atom stereocenters. The van der Waals surface area contributed by atoms with Crippen molar-refractivity contribution >= 4 is 57.8 Å². The van der Waals surface area contributed by atoms with E-state index in [1.54, 1.807) is 18.2 Å². The molecule has 4 rings (SSSR count). The van der Waals surface area contributed by atoms with E-state index < -0.39 is 0 Å².